The van der Waals surface area contributed by atoms with Crippen LogP contribution in [0.3, 0.4) is 0 Å². The number of halogens is 4. The molecule has 0 bridgehead atoms. The molecule has 0 spiro atoms. The normalized spacial score (nSPS) is 11.2. The molecule has 0 aliphatic carbocycles. The highest BCUT2D eigenvalue weighted by Gasteiger charge is 2.30. The second-order valence-electron chi connectivity index (χ2n) is 3.76. The van der Waals surface area contributed by atoms with Crippen molar-refractivity contribution in [3.05, 3.63) is 41.6 Å². The SMILES string of the molecule is COc1ccc(-c2ccc(OC(F)(F)F)cc2)c(Cl)n1. The first-order valence-electron chi connectivity index (χ1n) is 5.46. The van der Waals surface area contributed by atoms with Gasteiger partial charge >= 0.3 is 6.36 Å². The number of hydrogen-bond acceptors (Lipinski definition) is 3. The van der Waals surface area contributed by atoms with Crippen LogP contribution in [0.15, 0.2) is 36.4 Å². The fraction of sp³-hybridized carbons (Fsp3) is 0.154. The van der Waals surface area contributed by atoms with Gasteiger partial charge in [0.25, 0.3) is 0 Å². The van der Waals surface area contributed by atoms with Crippen molar-refractivity contribution in [1.29, 1.82) is 0 Å². The topological polar surface area (TPSA) is 31.4 Å². The van der Waals surface area contributed by atoms with Gasteiger partial charge in [-0.15, -0.1) is 13.2 Å². The molecule has 0 saturated heterocycles. The lowest BCUT2D eigenvalue weighted by molar-refractivity contribution is -0.274. The zero-order valence-electron chi connectivity index (χ0n) is 10.2. The fourth-order valence-electron chi connectivity index (χ4n) is 1.58. The van der Waals surface area contributed by atoms with E-state index in [9.17, 15) is 13.2 Å². The van der Waals surface area contributed by atoms with Crippen LogP contribution < -0.4 is 9.47 Å². The van der Waals surface area contributed by atoms with Crippen LogP contribution in [0.1, 0.15) is 0 Å². The Morgan fingerprint density at radius 2 is 1.70 bits per heavy atom. The van der Waals surface area contributed by atoms with Crippen LogP contribution in [0.5, 0.6) is 11.6 Å². The highest BCUT2D eigenvalue weighted by molar-refractivity contribution is 6.32. The molecule has 0 fully saturated rings. The van der Waals surface area contributed by atoms with Crippen molar-refractivity contribution in [3.63, 3.8) is 0 Å². The molecule has 1 aromatic heterocycles. The molecular formula is C13H9ClF3NO2. The van der Waals surface area contributed by atoms with Crippen molar-refractivity contribution < 1.29 is 22.6 Å². The lowest BCUT2D eigenvalue weighted by atomic mass is 10.1. The van der Waals surface area contributed by atoms with Gasteiger partial charge in [0.1, 0.15) is 10.9 Å². The summed E-state index contributed by atoms with van der Waals surface area (Å²) in [5, 5.41) is 0.203. The highest BCUT2D eigenvalue weighted by atomic mass is 35.5. The zero-order chi connectivity index (χ0) is 14.8. The summed E-state index contributed by atoms with van der Waals surface area (Å²) in [6, 6.07) is 8.65. The van der Waals surface area contributed by atoms with Gasteiger partial charge < -0.3 is 9.47 Å². The van der Waals surface area contributed by atoms with E-state index in [1.807, 2.05) is 0 Å². The average molecular weight is 304 g/mol. The number of alkyl halides is 3. The van der Waals surface area contributed by atoms with Crippen LogP contribution in [-0.2, 0) is 0 Å². The summed E-state index contributed by atoms with van der Waals surface area (Å²) in [6.45, 7) is 0. The molecule has 106 valence electrons. The van der Waals surface area contributed by atoms with E-state index in [0.29, 0.717) is 17.0 Å². The molecule has 0 N–H and O–H groups in total. The third kappa shape index (κ3) is 3.54. The Morgan fingerprint density at radius 3 is 2.20 bits per heavy atom. The van der Waals surface area contributed by atoms with E-state index >= 15 is 0 Å². The van der Waals surface area contributed by atoms with E-state index < -0.39 is 6.36 Å². The molecule has 0 aliphatic heterocycles. The molecule has 3 nitrogen and oxygen atoms in total. The quantitative estimate of drug-likeness (QED) is 0.792. The van der Waals surface area contributed by atoms with Gasteiger partial charge in [0.15, 0.2) is 0 Å². The Morgan fingerprint density at radius 1 is 1.05 bits per heavy atom. The summed E-state index contributed by atoms with van der Waals surface area (Å²) in [5.41, 5.74) is 1.21. The van der Waals surface area contributed by atoms with Crippen LogP contribution in [0.2, 0.25) is 5.15 Å². The van der Waals surface area contributed by atoms with Crippen molar-refractivity contribution >= 4 is 11.6 Å². The second kappa shape index (κ2) is 5.58. The van der Waals surface area contributed by atoms with Gasteiger partial charge in [-0.25, -0.2) is 4.98 Å². The van der Waals surface area contributed by atoms with Gasteiger partial charge in [0, 0.05) is 11.6 Å². The Balaban J connectivity index is 2.26. The van der Waals surface area contributed by atoms with Crippen LogP contribution in [0.25, 0.3) is 11.1 Å². The van der Waals surface area contributed by atoms with Gasteiger partial charge in [0.2, 0.25) is 5.88 Å². The summed E-state index contributed by atoms with van der Waals surface area (Å²) in [4.78, 5) is 3.98. The van der Waals surface area contributed by atoms with Crippen molar-refractivity contribution in [2.45, 2.75) is 6.36 Å². The molecular weight excluding hydrogens is 295 g/mol. The summed E-state index contributed by atoms with van der Waals surface area (Å²) < 4.78 is 44.8. The monoisotopic (exact) mass is 303 g/mol. The van der Waals surface area contributed by atoms with E-state index in [1.54, 1.807) is 12.1 Å². The first-order valence-corrected chi connectivity index (χ1v) is 5.83. The predicted octanol–water partition coefficient (Wildman–Crippen LogP) is 4.31. The largest absolute Gasteiger partial charge is 0.573 e. The van der Waals surface area contributed by atoms with E-state index in [2.05, 4.69) is 9.72 Å². The summed E-state index contributed by atoms with van der Waals surface area (Å²) in [6.07, 6.45) is -4.71. The molecule has 0 amide bonds. The average Bonchev–Trinajstić information content (AvgIpc) is 2.38. The van der Waals surface area contributed by atoms with Crippen molar-refractivity contribution in [2.75, 3.05) is 7.11 Å². The molecule has 7 heteroatoms. The number of rotatable bonds is 3. The molecule has 1 heterocycles. The van der Waals surface area contributed by atoms with E-state index in [0.717, 1.165) is 0 Å². The predicted molar refractivity (Wildman–Crippen MR) is 67.9 cm³/mol. The van der Waals surface area contributed by atoms with E-state index in [4.69, 9.17) is 16.3 Å². The summed E-state index contributed by atoms with van der Waals surface area (Å²) in [7, 11) is 1.46. The fourth-order valence-corrected chi connectivity index (χ4v) is 1.84. The number of benzene rings is 1. The number of hydrogen-bond donors (Lipinski definition) is 0. The number of nitrogens with zero attached hydrogens (tertiary/aromatic N) is 1. The maximum atomic E-state index is 12.0. The van der Waals surface area contributed by atoms with Crippen LogP contribution in [-0.4, -0.2) is 18.5 Å². The molecule has 20 heavy (non-hydrogen) atoms. The lowest BCUT2D eigenvalue weighted by Gasteiger charge is -2.10. The third-order valence-electron chi connectivity index (χ3n) is 2.43. The Hall–Kier alpha value is -1.95. The minimum absolute atomic E-state index is 0.203. The van der Waals surface area contributed by atoms with E-state index in [-0.39, 0.29) is 10.9 Å². The standard InChI is InChI=1S/C13H9ClF3NO2/c1-19-11-7-6-10(12(14)18-11)8-2-4-9(5-3-8)20-13(15,16)17/h2-7H,1H3. The van der Waals surface area contributed by atoms with Crippen molar-refractivity contribution in [2.24, 2.45) is 0 Å². The van der Waals surface area contributed by atoms with Gasteiger partial charge in [0.05, 0.1) is 7.11 Å². The van der Waals surface area contributed by atoms with Crippen molar-refractivity contribution in [1.82, 2.24) is 4.98 Å². The minimum Gasteiger partial charge on any atom is -0.481 e. The van der Waals surface area contributed by atoms with Gasteiger partial charge in [-0.3, -0.25) is 0 Å². The third-order valence-corrected chi connectivity index (χ3v) is 2.72. The minimum atomic E-state index is -4.71. The highest BCUT2D eigenvalue weighted by Crippen LogP contribution is 2.30. The number of aromatic nitrogens is 1. The van der Waals surface area contributed by atoms with Crippen LogP contribution in [0.4, 0.5) is 13.2 Å². The molecule has 0 aliphatic rings. The second-order valence-corrected chi connectivity index (χ2v) is 4.12. The van der Waals surface area contributed by atoms with Gasteiger partial charge in [-0.05, 0) is 23.8 Å². The lowest BCUT2D eigenvalue weighted by Crippen LogP contribution is -2.16. The van der Waals surface area contributed by atoms with Crippen molar-refractivity contribution in [3.8, 4) is 22.8 Å². The number of pyridine rings is 1. The van der Waals surface area contributed by atoms with Crippen LogP contribution in [0, 0.1) is 0 Å². The zero-order valence-corrected chi connectivity index (χ0v) is 11.0. The van der Waals surface area contributed by atoms with E-state index in [1.165, 1.54) is 31.4 Å². The molecule has 0 unspecified atom stereocenters. The first kappa shape index (κ1) is 14.5. The van der Waals surface area contributed by atoms with Gasteiger partial charge in [-0.1, -0.05) is 23.7 Å². The Kier molecular flexibility index (Phi) is 4.04. The smallest absolute Gasteiger partial charge is 0.481 e. The number of methoxy groups -OCH3 is 1. The summed E-state index contributed by atoms with van der Waals surface area (Å²) >= 11 is 5.99. The molecule has 2 rings (SSSR count). The first-order chi connectivity index (χ1) is 9.39. The maximum absolute atomic E-state index is 12.0. The van der Waals surface area contributed by atoms with Gasteiger partial charge in [-0.2, -0.15) is 0 Å². The van der Waals surface area contributed by atoms with Crippen LogP contribution >= 0.6 is 11.6 Å². The molecule has 0 atom stereocenters. The maximum Gasteiger partial charge on any atom is 0.573 e. The molecule has 2 aromatic rings. The molecule has 0 saturated carbocycles. The number of ether oxygens (including phenoxy) is 2. The molecule has 1 aromatic carbocycles. The Bertz CT molecular complexity index is 600. The summed E-state index contributed by atoms with van der Waals surface area (Å²) in [5.74, 6) is 0.0645. The molecule has 0 radical (unpaired) electrons. The Labute approximate surface area is 117 Å².